The first-order chi connectivity index (χ1) is 9.08. The van der Waals surface area contributed by atoms with Crippen molar-refractivity contribution in [2.24, 2.45) is 0 Å². The SMILES string of the molecule is Cc1ccccc1COc1ccc(B(O)O)c(C)c1. The Morgan fingerprint density at radius 1 is 1.00 bits per heavy atom. The lowest BCUT2D eigenvalue weighted by molar-refractivity contribution is 0.305. The summed E-state index contributed by atoms with van der Waals surface area (Å²) < 4.78 is 5.73. The van der Waals surface area contributed by atoms with Gasteiger partial charge >= 0.3 is 7.12 Å². The molecule has 0 aromatic heterocycles. The minimum Gasteiger partial charge on any atom is -0.489 e. The highest BCUT2D eigenvalue weighted by Crippen LogP contribution is 2.15. The van der Waals surface area contributed by atoms with Crippen LogP contribution in [0, 0.1) is 13.8 Å². The largest absolute Gasteiger partial charge is 0.489 e. The molecule has 0 saturated carbocycles. The Balaban J connectivity index is 2.08. The molecule has 0 bridgehead atoms. The van der Waals surface area contributed by atoms with E-state index in [4.69, 9.17) is 14.8 Å². The van der Waals surface area contributed by atoms with Crippen LogP contribution in [0.15, 0.2) is 42.5 Å². The number of benzene rings is 2. The van der Waals surface area contributed by atoms with Gasteiger partial charge in [-0.25, -0.2) is 0 Å². The number of hydrogen-bond donors (Lipinski definition) is 2. The second-order valence-electron chi connectivity index (χ2n) is 4.61. The molecule has 0 spiro atoms. The van der Waals surface area contributed by atoms with Crippen LogP contribution < -0.4 is 10.2 Å². The van der Waals surface area contributed by atoms with Gasteiger partial charge in [0.25, 0.3) is 0 Å². The van der Waals surface area contributed by atoms with Crippen LogP contribution in [0.25, 0.3) is 0 Å². The highest BCUT2D eigenvalue weighted by Gasteiger charge is 2.14. The van der Waals surface area contributed by atoms with Gasteiger partial charge < -0.3 is 14.8 Å². The lowest BCUT2D eigenvalue weighted by Crippen LogP contribution is -2.31. The standard InChI is InChI=1S/C15H17BO3/c1-11-5-3-4-6-13(11)10-19-14-7-8-15(16(17)18)12(2)9-14/h3-9,17-18H,10H2,1-2H3. The Labute approximate surface area is 113 Å². The summed E-state index contributed by atoms with van der Waals surface area (Å²) in [5, 5.41) is 18.3. The molecule has 2 aromatic rings. The van der Waals surface area contributed by atoms with E-state index in [2.05, 4.69) is 13.0 Å². The van der Waals surface area contributed by atoms with Gasteiger partial charge in [-0.3, -0.25) is 0 Å². The van der Waals surface area contributed by atoms with E-state index in [0.29, 0.717) is 12.1 Å². The Morgan fingerprint density at radius 3 is 2.37 bits per heavy atom. The predicted molar refractivity (Wildman–Crippen MR) is 76.5 cm³/mol. The molecule has 98 valence electrons. The molecule has 4 heteroatoms. The van der Waals surface area contributed by atoms with Gasteiger partial charge in [0, 0.05) is 0 Å². The third-order valence-corrected chi connectivity index (χ3v) is 3.18. The highest BCUT2D eigenvalue weighted by molar-refractivity contribution is 6.59. The van der Waals surface area contributed by atoms with Crippen LogP contribution in [0.2, 0.25) is 0 Å². The molecule has 0 heterocycles. The van der Waals surface area contributed by atoms with E-state index in [1.165, 1.54) is 5.56 Å². The number of hydrogen-bond acceptors (Lipinski definition) is 3. The molecule has 2 N–H and O–H groups in total. The summed E-state index contributed by atoms with van der Waals surface area (Å²) in [6.07, 6.45) is 0. The van der Waals surface area contributed by atoms with E-state index in [9.17, 15) is 0 Å². The van der Waals surface area contributed by atoms with Crippen LogP contribution >= 0.6 is 0 Å². The first-order valence-electron chi connectivity index (χ1n) is 6.22. The number of ether oxygens (including phenoxy) is 1. The Hall–Kier alpha value is -1.78. The van der Waals surface area contributed by atoms with E-state index in [-0.39, 0.29) is 0 Å². The summed E-state index contributed by atoms with van der Waals surface area (Å²) in [7, 11) is -1.44. The maximum Gasteiger partial charge on any atom is 0.488 e. The minimum absolute atomic E-state index is 0.503. The molecule has 3 nitrogen and oxygen atoms in total. The topological polar surface area (TPSA) is 49.7 Å². The van der Waals surface area contributed by atoms with Crippen molar-refractivity contribution in [2.75, 3.05) is 0 Å². The summed E-state index contributed by atoms with van der Waals surface area (Å²) in [4.78, 5) is 0. The Kier molecular flexibility index (Phi) is 4.25. The third-order valence-electron chi connectivity index (χ3n) is 3.18. The van der Waals surface area contributed by atoms with E-state index in [1.54, 1.807) is 12.1 Å². The van der Waals surface area contributed by atoms with Gasteiger partial charge in [0.15, 0.2) is 0 Å². The number of rotatable bonds is 4. The molecule has 0 unspecified atom stereocenters. The minimum atomic E-state index is -1.44. The first kappa shape index (κ1) is 13.7. The summed E-state index contributed by atoms with van der Waals surface area (Å²) in [6.45, 7) is 4.39. The molecule has 19 heavy (non-hydrogen) atoms. The zero-order chi connectivity index (χ0) is 13.8. The molecule has 0 amide bonds. The lowest BCUT2D eigenvalue weighted by atomic mass is 9.77. The normalized spacial score (nSPS) is 10.3. The average Bonchev–Trinajstić information content (AvgIpc) is 2.37. The van der Waals surface area contributed by atoms with Crippen molar-refractivity contribution in [1.29, 1.82) is 0 Å². The fourth-order valence-electron chi connectivity index (χ4n) is 1.96. The Bertz CT molecular complexity index is 567. The summed E-state index contributed by atoms with van der Waals surface area (Å²) in [6, 6.07) is 13.3. The van der Waals surface area contributed by atoms with Crippen LogP contribution in [0.5, 0.6) is 5.75 Å². The molecular formula is C15H17BO3. The smallest absolute Gasteiger partial charge is 0.488 e. The molecule has 0 saturated heterocycles. The summed E-state index contributed by atoms with van der Waals surface area (Å²) in [5.41, 5.74) is 3.65. The molecule has 0 fully saturated rings. The van der Waals surface area contributed by atoms with Gasteiger partial charge in [0.05, 0.1) is 0 Å². The fourth-order valence-corrected chi connectivity index (χ4v) is 1.96. The van der Waals surface area contributed by atoms with Crippen molar-refractivity contribution in [3.05, 3.63) is 59.2 Å². The lowest BCUT2D eigenvalue weighted by Gasteiger charge is -2.11. The molecule has 2 rings (SSSR count). The van der Waals surface area contributed by atoms with E-state index < -0.39 is 7.12 Å². The van der Waals surface area contributed by atoms with Gasteiger partial charge in [-0.1, -0.05) is 30.3 Å². The predicted octanol–water partition coefficient (Wildman–Crippen LogP) is 1.56. The van der Waals surface area contributed by atoms with Crippen LogP contribution in [-0.2, 0) is 6.61 Å². The van der Waals surface area contributed by atoms with Crippen molar-refractivity contribution < 1.29 is 14.8 Å². The van der Waals surface area contributed by atoms with Gasteiger partial charge in [0.2, 0.25) is 0 Å². The van der Waals surface area contributed by atoms with Crippen LogP contribution in [0.3, 0.4) is 0 Å². The highest BCUT2D eigenvalue weighted by atomic mass is 16.5. The zero-order valence-electron chi connectivity index (χ0n) is 11.1. The van der Waals surface area contributed by atoms with Gasteiger partial charge in [-0.15, -0.1) is 0 Å². The van der Waals surface area contributed by atoms with Gasteiger partial charge in [-0.05, 0) is 48.1 Å². The molecule has 0 atom stereocenters. The maximum atomic E-state index is 9.15. The summed E-state index contributed by atoms with van der Waals surface area (Å²) >= 11 is 0. The van der Waals surface area contributed by atoms with Crippen molar-refractivity contribution in [2.45, 2.75) is 20.5 Å². The third kappa shape index (κ3) is 3.37. The summed E-state index contributed by atoms with van der Waals surface area (Å²) in [5.74, 6) is 0.727. The van der Waals surface area contributed by atoms with Crippen LogP contribution in [0.4, 0.5) is 0 Å². The van der Waals surface area contributed by atoms with Crippen LogP contribution in [0.1, 0.15) is 16.7 Å². The first-order valence-corrected chi connectivity index (χ1v) is 6.22. The van der Waals surface area contributed by atoms with Gasteiger partial charge in [-0.2, -0.15) is 0 Å². The molecule has 0 aliphatic carbocycles. The zero-order valence-corrected chi connectivity index (χ0v) is 11.1. The Morgan fingerprint density at radius 2 is 1.74 bits per heavy atom. The van der Waals surface area contributed by atoms with Crippen LogP contribution in [-0.4, -0.2) is 17.2 Å². The number of aryl methyl sites for hydroxylation is 2. The van der Waals surface area contributed by atoms with Crippen molar-refractivity contribution in [3.8, 4) is 5.75 Å². The van der Waals surface area contributed by atoms with Crippen molar-refractivity contribution >= 4 is 12.6 Å². The molecule has 0 aliphatic heterocycles. The monoisotopic (exact) mass is 256 g/mol. The second-order valence-corrected chi connectivity index (χ2v) is 4.61. The molecule has 0 radical (unpaired) electrons. The van der Waals surface area contributed by atoms with Gasteiger partial charge in [0.1, 0.15) is 12.4 Å². The van der Waals surface area contributed by atoms with E-state index in [0.717, 1.165) is 16.9 Å². The van der Waals surface area contributed by atoms with Crippen molar-refractivity contribution in [1.82, 2.24) is 0 Å². The quantitative estimate of drug-likeness (QED) is 0.816. The second kappa shape index (κ2) is 5.91. The fraction of sp³-hybridized carbons (Fsp3) is 0.200. The maximum absolute atomic E-state index is 9.15. The molecule has 2 aromatic carbocycles. The average molecular weight is 256 g/mol. The van der Waals surface area contributed by atoms with E-state index in [1.807, 2.05) is 31.2 Å². The van der Waals surface area contributed by atoms with E-state index >= 15 is 0 Å². The van der Waals surface area contributed by atoms with Crippen molar-refractivity contribution in [3.63, 3.8) is 0 Å². The molecule has 0 aliphatic rings. The molecular weight excluding hydrogens is 239 g/mol.